The lowest BCUT2D eigenvalue weighted by Crippen LogP contribution is -2.31. The van der Waals surface area contributed by atoms with Crippen LogP contribution in [0.4, 0.5) is 13.2 Å². The van der Waals surface area contributed by atoms with Crippen molar-refractivity contribution in [2.75, 3.05) is 6.61 Å². The zero-order valence-electron chi connectivity index (χ0n) is 12.8. The number of phenols is 1. The van der Waals surface area contributed by atoms with Gasteiger partial charge in [-0.2, -0.15) is 13.2 Å². The molecule has 0 unspecified atom stereocenters. The van der Waals surface area contributed by atoms with Crippen molar-refractivity contribution >= 4 is 0 Å². The van der Waals surface area contributed by atoms with Gasteiger partial charge in [-0.05, 0) is 36.2 Å². The van der Waals surface area contributed by atoms with Crippen LogP contribution in [0.3, 0.4) is 0 Å². The highest BCUT2D eigenvalue weighted by Crippen LogP contribution is 2.33. The van der Waals surface area contributed by atoms with E-state index in [0.29, 0.717) is 12.2 Å². The number of alkyl halides is 3. The molecule has 3 rings (SSSR count). The summed E-state index contributed by atoms with van der Waals surface area (Å²) in [5.41, 5.74) is 0.448. The lowest BCUT2D eigenvalue weighted by molar-refractivity contribution is -0.137. The highest BCUT2D eigenvalue weighted by molar-refractivity contribution is 5.35. The van der Waals surface area contributed by atoms with E-state index in [0.717, 1.165) is 24.1 Å². The third kappa shape index (κ3) is 3.85. The Balaban J connectivity index is 1.70. The maximum Gasteiger partial charge on any atom is 0.416 e. The van der Waals surface area contributed by atoms with Crippen molar-refractivity contribution in [3.05, 3.63) is 59.4 Å². The van der Waals surface area contributed by atoms with E-state index in [-0.39, 0.29) is 18.7 Å². The summed E-state index contributed by atoms with van der Waals surface area (Å²) in [4.78, 5) is 4.07. The van der Waals surface area contributed by atoms with Gasteiger partial charge in [0.1, 0.15) is 5.75 Å². The Morgan fingerprint density at radius 1 is 1.29 bits per heavy atom. The van der Waals surface area contributed by atoms with Crippen LogP contribution in [0.25, 0.3) is 0 Å². The SMILES string of the molecule is Oc1cc(CN[C@H]2CCO[C@@H]2c2cccnc2)cc(C(F)(F)F)c1. The van der Waals surface area contributed by atoms with E-state index in [2.05, 4.69) is 10.3 Å². The number of hydrogen-bond donors (Lipinski definition) is 2. The Labute approximate surface area is 137 Å². The summed E-state index contributed by atoms with van der Waals surface area (Å²) in [5, 5.41) is 12.7. The van der Waals surface area contributed by atoms with Crippen LogP contribution in [0.5, 0.6) is 5.75 Å². The molecule has 1 fully saturated rings. The third-order valence-corrected chi connectivity index (χ3v) is 3.98. The van der Waals surface area contributed by atoms with E-state index in [4.69, 9.17) is 4.74 Å². The number of phenolic OH excluding ortho intramolecular Hbond substituents is 1. The molecule has 0 saturated carbocycles. The van der Waals surface area contributed by atoms with Crippen LogP contribution in [-0.4, -0.2) is 22.7 Å². The van der Waals surface area contributed by atoms with Crippen molar-refractivity contribution in [2.45, 2.75) is 31.3 Å². The van der Waals surface area contributed by atoms with Crippen LogP contribution < -0.4 is 5.32 Å². The average molecular weight is 338 g/mol. The number of rotatable bonds is 4. The standard InChI is InChI=1S/C17H17F3N2O2/c18-17(19,20)13-6-11(7-14(23)8-13)9-22-15-3-5-24-16(15)12-2-1-4-21-10-12/h1-2,4,6-8,10,15-16,22-23H,3,5,9H2/t15-,16+/m0/s1. The molecule has 0 spiro atoms. The zero-order valence-corrected chi connectivity index (χ0v) is 12.8. The first-order valence-electron chi connectivity index (χ1n) is 7.58. The summed E-state index contributed by atoms with van der Waals surface area (Å²) < 4.78 is 44.2. The van der Waals surface area contributed by atoms with Crippen LogP contribution in [0.1, 0.15) is 29.2 Å². The van der Waals surface area contributed by atoms with E-state index >= 15 is 0 Å². The molecule has 0 radical (unpaired) electrons. The molecular weight excluding hydrogens is 321 g/mol. The summed E-state index contributed by atoms with van der Waals surface area (Å²) in [6.07, 6.45) is -0.516. The summed E-state index contributed by atoms with van der Waals surface area (Å²) in [5.74, 6) is -0.395. The Bertz CT molecular complexity index is 692. The molecule has 24 heavy (non-hydrogen) atoms. The lowest BCUT2D eigenvalue weighted by Gasteiger charge is -2.20. The Hall–Kier alpha value is -2.12. The number of benzene rings is 1. The molecule has 1 aliphatic heterocycles. The largest absolute Gasteiger partial charge is 0.508 e. The van der Waals surface area contributed by atoms with Crippen molar-refractivity contribution in [1.82, 2.24) is 10.3 Å². The van der Waals surface area contributed by atoms with E-state index in [1.165, 1.54) is 6.07 Å². The molecule has 1 aromatic carbocycles. The number of hydrogen-bond acceptors (Lipinski definition) is 4. The first kappa shape index (κ1) is 16.7. The monoisotopic (exact) mass is 338 g/mol. The molecule has 2 heterocycles. The smallest absolute Gasteiger partial charge is 0.416 e. The van der Waals surface area contributed by atoms with Crippen LogP contribution >= 0.6 is 0 Å². The number of ether oxygens (including phenoxy) is 1. The predicted molar refractivity (Wildman–Crippen MR) is 81.3 cm³/mol. The number of nitrogens with one attached hydrogen (secondary N) is 1. The fraction of sp³-hybridized carbons (Fsp3) is 0.353. The number of aromatic hydroxyl groups is 1. The number of nitrogens with zero attached hydrogens (tertiary/aromatic N) is 1. The highest BCUT2D eigenvalue weighted by Gasteiger charge is 2.32. The first-order chi connectivity index (χ1) is 11.4. The highest BCUT2D eigenvalue weighted by atomic mass is 19.4. The summed E-state index contributed by atoms with van der Waals surface area (Å²) in [7, 11) is 0. The van der Waals surface area contributed by atoms with Gasteiger partial charge in [-0.1, -0.05) is 6.07 Å². The maximum atomic E-state index is 12.8. The summed E-state index contributed by atoms with van der Waals surface area (Å²) in [6, 6.07) is 6.80. The van der Waals surface area contributed by atoms with E-state index in [9.17, 15) is 18.3 Å². The van der Waals surface area contributed by atoms with E-state index < -0.39 is 17.5 Å². The van der Waals surface area contributed by atoms with Gasteiger partial charge in [-0.25, -0.2) is 0 Å². The molecule has 2 N–H and O–H groups in total. The predicted octanol–water partition coefficient (Wildman–Crippen LogP) is 3.43. The van der Waals surface area contributed by atoms with Gasteiger partial charge in [0.15, 0.2) is 0 Å². The van der Waals surface area contributed by atoms with Crippen molar-refractivity contribution in [3.63, 3.8) is 0 Å². The molecule has 1 aliphatic rings. The van der Waals surface area contributed by atoms with Crippen LogP contribution in [0.15, 0.2) is 42.7 Å². The fourth-order valence-electron chi connectivity index (χ4n) is 2.86. The minimum absolute atomic E-state index is 0.0223. The van der Waals surface area contributed by atoms with Gasteiger partial charge >= 0.3 is 6.18 Å². The Morgan fingerprint density at radius 3 is 2.83 bits per heavy atom. The number of halogens is 3. The van der Waals surface area contributed by atoms with Gasteiger partial charge in [-0.3, -0.25) is 4.98 Å². The quantitative estimate of drug-likeness (QED) is 0.897. The maximum absolute atomic E-state index is 12.8. The second kappa shape index (κ2) is 6.78. The van der Waals surface area contributed by atoms with Crippen LogP contribution in [-0.2, 0) is 17.5 Å². The second-order valence-corrected chi connectivity index (χ2v) is 5.74. The van der Waals surface area contributed by atoms with Crippen molar-refractivity contribution in [2.24, 2.45) is 0 Å². The molecule has 2 atom stereocenters. The fourth-order valence-corrected chi connectivity index (χ4v) is 2.86. The topological polar surface area (TPSA) is 54.4 Å². The molecule has 0 aliphatic carbocycles. The molecule has 0 bridgehead atoms. The number of aromatic nitrogens is 1. The normalized spacial score (nSPS) is 21.1. The first-order valence-corrected chi connectivity index (χ1v) is 7.58. The minimum Gasteiger partial charge on any atom is -0.508 e. The average Bonchev–Trinajstić information content (AvgIpc) is 3.01. The molecule has 2 aromatic rings. The van der Waals surface area contributed by atoms with Gasteiger partial charge < -0.3 is 15.2 Å². The molecular formula is C17H17F3N2O2. The zero-order chi connectivity index (χ0) is 17.2. The van der Waals surface area contributed by atoms with Gasteiger partial charge in [0.25, 0.3) is 0 Å². The van der Waals surface area contributed by atoms with Crippen molar-refractivity contribution < 1.29 is 23.0 Å². The van der Waals surface area contributed by atoms with Gasteiger partial charge in [0.2, 0.25) is 0 Å². The van der Waals surface area contributed by atoms with E-state index in [1.807, 2.05) is 12.1 Å². The van der Waals surface area contributed by atoms with Crippen molar-refractivity contribution in [1.29, 1.82) is 0 Å². The minimum atomic E-state index is -4.48. The molecule has 4 nitrogen and oxygen atoms in total. The molecule has 7 heteroatoms. The van der Waals surface area contributed by atoms with Gasteiger partial charge in [0.05, 0.1) is 11.7 Å². The summed E-state index contributed by atoms with van der Waals surface area (Å²) >= 11 is 0. The van der Waals surface area contributed by atoms with Gasteiger partial charge in [-0.15, -0.1) is 0 Å². The summed E-state index contributed by atoms with van der Waals surface area (Å²) in [6.45, 7) is 0.785. The van der Waals surface area contributed by atoms with Crippen molar-refractivity contribution in [3.8, 4) is 5.75 Å². The Kier molecular flexibility index (Phi) is 4.73. The molecule has 1 aromatic heterocycles. The molecule has 0 amide bonds. The van der Waals surface area contributed by atoms with Crippen LogP contribution in [0.2, 0.25) is 0 Å². The van der Waals surface area contributed by atoms with E-state index in [1.54, 1.807) is 12.4 Å². The number of pyridine rings is 1. The second-order valence-electron chi connectivity index (χ2n) is 5.74. The Morgan fingerprint density at radius 2 is 2.12 bits per heavy atom. The molecule has 128 valence electrons. The third-order valence-electron chi connectivity index (χ3n) is 3.98. The van der Waals surface area contributed by atoms with Gasteiger partial charge in [0, 0.05) is 37.2 Å². The lowest BCUT2D eigenvalue weighted by atomic mass is 10.0. The van der Waals surface area contributed by atoms with Crippen LogP contribution in [0, 0.1) is 0 Å². The molecule has 1 saturated heterocycles.